The number of nitrogens with zero attached hydrogens (tertiary/aromatic N) is 1. The molecular weight excluding hydrogens is 324 g/mol. The lowest BCUT2D eigenvalue weighted by Gasteiger charge is -2.03. The highest BCUT2D eigenvalue weighted by molar-refractivity contribution is 6.38. The molecule has 24 heavy (non-hydrogen) atoms. The number of carbonyl (C=O) groups is 1. The third-order valence-electron chi connectivity index (χ3n) is 4.37. The number of amides is 1. The largest absolute Gasteiger partial charge is 0.497 e. The van der Waals surface area contributed by atoms with Crippen LogP contribution in [0.2, 0.25) is 5.15 Å². The summed E-state index contributed by atoms with van der Waals surface area (Å²) in [6.07, 6.45) is 1.85. The quantitative estimate of drug-likeness (QED) is 0.707. The van der Waals surface area contributed by atoms with E-state index < -0.39 is 0 Å². The molecule has 4 nitrogen and oxygen atoms in total. The molecule has 0 bridgehead atoms. The third kappa shape index (κ3) is 2.11. The number of aromatic nitrogens is 1. The summed E-state index contributed by atoms with van der Waals surface area (Å²) < 4.78 is 7.19. The zero-order valence-corrected chi connectivity index (χ0v) is 14.0. The molecule has 0 atom stereocenters. The van der Waals surface area contributed by atoms with Crippen molar-refractivity contribution in [1.82, 2.24) is 4.57 Å². The summed E-state index contributed by atoms with van der Waals surface area (Å²) in [7, 11) is 3.52. The van der Waals surface area contributed by atoms with Crippen LogP contribution in [0, 0.1) is 0 Å². The molecule has 2 heterocycles. The first-order chi connectivity index (χ1) is 11.6. The van der Waals surface area contributed by atoms with Crippen LogP contribution in [-0.4, -0.2) is 17.6 Å². The average molecular weight is 339 g/mol. The monoisotopic (exact) mass is 338 g/mol. The number of rotatable bonds is 2. The van der Waals surface area contributed by atoms with Gasteiger partial charge in [0.25, 0.3) is 5.91 Å². The average Bonchev–Trinajstić information content (AvgIpc) is 3.04. The summed E-state index contributed by atoms with van der Waals surface area (Å²) in [4.78, 5) is 12.4. The molecule has 0 saturated carbocycles. The second kappa shape index (κ2) is 5.42. The summed E-state index contributed by atoms with van der Waals surface area (Å²) in [6, 6.07) is 13.5. The van der Waals surface area contributed by atoms with E-state index in [1.165, 1.54) is 0 Å². The van der Waals surface area contributed by atoms with Crippen LogP contribution in [0.15, 0.2) is 42.5 Å². The summed E-state index contributed by atoms with van der Waals surface area (Å²) >= 11 is 6.51. The van der Waals surface area contributed by atoms with Crippen molar-refractivity contribution in [2.24, 2.45) is 7.05 Å². The number of halogens is 1. The molecule has 3 aromatic rings. The van der Waals surface area contributed by atoms with Gasteiger partial charge in [-0.1, -0.05) is 29.8 Å². The summed E-state index contributed by atoms with van der Waals surface area (Å²) in [6.45, 7) is 0. The fraction of sp³-hybridized carbons (Fsp3) is 0.105. The van der Waals surface area contributed by atoms with Crippen LogP contribution in [-0.2, 0) is 11.8 Å². The van der Waals surface area contributed by atoms with Gasteiger partial charge in [-0.05, 0) is 30.3 Å². The van der Waals surface area contributed by atoms with Crippen molar-refractivity contribution >= 4 is 45.7 Å². The third-order valence-corrected chi connectivity index (χ3v) is 4.83. The molecule has 0 fully saturated rings. The zero-order valence-electron chi connectivity index (χ0n) is 13.3. The van der Waals surface area contributed by atoms with Crippen LogP contribution < -0.4 is 10.1 Å². The summed E-state index contributed by atoms with van der Waals surface area (Å²) in [5.74, 6) is 0.572. The van der Waals surface area contributed by atoms with Gasteiger partial charge in [-0.3, -0.25) is 4.79 Å². The van der Waals surface area contributed by atoms with Gasteiger partial charge in [0.05, 0.1) is 7.11 Å². The van der Waals surface area contributed by atoms with E-state index in [2.05, 4.69) is 5.32 Å². The SMILES string of the molecule is COc1ccc2c(c1)/C(=C\c1c(Cl)n(C)c3ccccc13)C(=O)N2. The predicted molar refractivity (Wildman–Crippen MR) is 97.4 cm³/mol. The molecule has 2 aromatic carbocycles. The first-order valence-corrected chi connectivity index (χ1v) is 7.92. The number of methoxy groups -OCH3 is 1. The highest BCUT2D eigenvalue weighted by Gasteiger charge is 2.25. The minimum absolute atomic E-state index is 0.137. The topological polar surface area (TPSA) is 43.3 Å². The summed E-state index contributed by atoms with van der Waals surface area (Å²) in [5, 5.41) is 4.50. The Morgan fingerprint density at radius 3 is 2.79 bits per heavy atom. The molecule has 4 rings (SSSR count). The molecule has 5 heteroatoms. The number of fused-ring (bicyclic) bond motifs is 2. The maximum Gasteiger partial charge on any atom is 0.256 e. The lowest BCUT2D eigenvalue weighted by atomic mass is 10.0. The van der Waals surface area contributed by atoms with Crippen molar-refractivity contribution < 1.29 is 9.53 Å². The maximum atomic E-state index is 12.4. The number of nitrogens with one attached hydrogen (secondary N) is 1. The molecule has 0 unspecified atom stereocenters. The van der Waals surface area contributed by atoms with Crippen molar-refractivity contribution in [1.29, 1.82) is 0 Å². The zero-order chi connectivity index (χ0) is 16.8. The van der Waals surface area contributed by atoms with Gasteiger partial charge in [0.1, 0.15) is 10.9 Å². The molecule has 1 amide bonds. The molecule has 0 aliphatic carbocycles. The molecule has 1 aliphatic rings. The molecule has 0 radical (unpaired) electrons. The van der Waals surface area contributed by atoms with Crippen molar-refractivity contribution in [3.63, 3.8) is 0 Å². The Morgan fingerprint density at radius 1 is 1.21 bits per heavy atom. The van der Waals surface area contributed by atoms with Crippen LogP contribution in [0.25, 0.3) is 22.6 Å². The number of aryl methyl sites for hydroxylation is 1. The van der Waals surface area contributed by atoms with Gasteiger partial charge in [-0.25, -0.2) is 0 Å². The normalized spacial score (nSPS) is 15.0. The Balaban J connectivity index is 1.95. The second-order valence-corrected chi connectivity index (χ2v) is 6.06. The first-order valence-electron chi connectivity index (χ1n) is 7.54. The minimum Gasteiger partial charge on any atom is -0.497 e. The van der Waals surface area contributed by atoms with Gasteiger partial charge in [0.15, 0.2) is 0 Å². The highest BCUT2D eigenvalue weighted by atomic mass is 35.5. The lowest BCUT2D eigenvalue weighted by Crippen LogP contribution is -2.03. The van der Waals surface area contributed by atoms with Gasteiger partial charge in [-0.15, -0.1) is 0 Å². The lowest BCUT2D eigenvalue weighted by molar-refractivity contribution is -0.110. The number of carbonyl (C=O) groups excluding carboxylic acids is 1. The van der Waals surface area contributed by atoms with Crippen LogP contribution in [0.5, 0.6) is 5.75 Å². The molecular formula is C19H15ClN2O2. The van der Waals surface area contributed by atoms with E-state index >= 15 is 0 Å². The standard InChI is InChI=1S/C19H15ClN2O2/c1-22-17-6-4-3-5-12(17)14(18(22)20)10-15-13-9-11(24-2)7-8-16(13)21-19(15)23/h3-10H,1-2H3,(H,21,23)/b15-10+. The smallest absolute Gasteiger partial charge is 0.256 e. The van der Waals surface area contributed by atoms with Gasteiger partial charge >= 0.3 is 0 Å². The number of hydrogen-bond acceptors (Lipinski definition) is 2. The van der Waals surface area contributed by atoms with Crippen molar-refractivity contribution in [2.45, 2.75) is 0 Å². The Bertz CT molecular complexity index is 1020. The van der Waals surface area contributed by atoms with Gasteiger partial charge in [0.2, 0.25) is 0 Å². The Hall–Kier alpha value is -2.72. The van der Waals surface area contributed by atoms with E-state index in [1.807, 2.05) is 60.2 Å². The van der Waals surface area contributed by atoms with E-state index in [1.54, 1.807) is 7.11 Å². The van der Waals surface area contributed by atoms with Crippen LogP contribution >= 0.6 is 11.6 Å². The second-order valence-electron chi connectivity index (χ2n) is 5.70. The number of anilines is 1. The van der Waals surface area contributed by atoms with E-state index in [-0.39, 0.29) is 5.91 Å². The molecule has 120 valence electrons. The molecule has 1 N–H and O–H groups in total. The number of hydrogen-bond donors (Lipinski definition) is 1. The van der Waals surface area contributed by atoms with Crippen molar-refractivity contribution in [2.75, 3.05) is 12.4 Å². The van der Waals surface area contributed by atoms with E-state index in [4.69, 9.17) is 16.3 Å². The first kappa shape index (κ1) is 14.8. The van der Waals surface area contributed by atoms with Gasteiger partial charge in [0, 0.05) is 40.3 Å². The Morgan fingerprint density at radius 2 is 2.00 bits per heavy atom. The fourth-order valence-electron chi connectivity index (χ4n) is 3.11. The van der Waals surface area contributed by atoms with E-state index in [0.717, 1.165) is 27.7 Å². The van der Waals surface area contributed by atoms with Gasteiger partial charge < -0.3 is 14.6 Å². The van der Waals surface area contributed by atoms with Crippen LogP contribution in [0.4, 0.5) is 5.69 Å². The fourth-order valence-corrected chi connectivity index (χ4v) is 3.36. The van der Waals surface area contributed by atoms with Crippen molar-refractivity contribution in [3.8, 4) is 5.75 Å². The van der Waals surface area contributed by atoms with E-state index in [0.29, 0.717) is 16.5 Å². The number of ether oxygens (including phenoxy) is 1. The molecule has 1 aliphatic heterocycles. The predicted octanol–water partition coefficient (Wildman–Crippen LogP) is 4.33. The van der Waals surface area contributed by atoms with Crippen LogP contribution in [0.3, 0.4) is 0 Å². The van der Waals surface area contributed by atoms with Gasteiger partial charge in [-0.2, -0.15) is 0 Å². The Labute approximate surface area is 144 Å². The molecule has 0 spiro atoms. The number of para-hydroxylation sites is 1. The van der Waals surface area contributed by atoms with Crippen molar-refractivity contribution in [3.05, 3.63) is 58.7 Å². The van der Waals surface area contributed by atoms with Crippen LogP contribution in [0.1, 0.15) is 11.1 Å². The highest BCUT2D eigenvalue weighted by Crippen LogP contribution is 2.38. The van der Waals surface area contributed by atoms with E-state index in [9.17, 15) is 4.79 Å². The number of benzene rings is 2. The minimum atomic E-state index is -0.137. The molecule has 1 aromatic heterocycles. The Kier molecular flexibility index (Phi) is 3.36. The maximum absolute atomic E-state index is 12.4. The summed E-state index contributed by atoms with van der Waals surface area (Å²) in [5.41, 5.74) is 4.06. The molecule has 0 saturated heterocycles.